The summed E-state index contributed by atoms with van der Waals surface area (Å²) < 4.78 is 38.7. The van der Waals surface area contributed by atoms with E-state index in [-0.39, 0.29) is 17.0 Å². The Morgan fingerprint density at radius 1 is 0.906 bits per heavy atom. The summed E-state index contributed by atoms with van der Waals surface area (Å²) in [7, 11) is 2.98. The van der Waals surface area contributed by atoms with E-state index in [1.165, 1.54) is 14.2 Å². The summed E-state index contributed by atoms with van der Waals surface area (Å²) in [5.41, 5.74) is 0.562. The largest absolute Gasteiger partial charge is 0.493 e. The molecule has 0 aromatic heterocycles. The van der Waals surface area contributed by atoms with Crippen molar-refractivity contribution in [1.82, 2.24) is 4.90 Å². The van der Waals surface area contributed by atoms with Crippen LogP contribution in [-0.4, -0.2) is 44.0 Å². The zero-order valence-corrected chi connectivity index (χ0v) is 18.2. The summed E-state index contributed by atoms with van der Waals surface area (Å²) in [5.74, 6) is -1.68. The van der Waals surface area contributed by atoms with Gasteiger partial charge in [0.05, 0.1) is 25.5 Å². The maximum Gasteiger partial charge on any atom is 0.282 e. The van der Waals surface area contributed by atoms with Crippen molar-refractivity contribution in [3.63, 3.8) is 0 Å². The number of likely N-dealkylation sites (tertiary alicyclic amines) is 1. The van der Waals surface area contributed by atoms with Crippen LogP contribution in [0.25, 0.3) is 5.57 Å². The second-order valence-electron chi connectivity index (χ2n) is 8.00. The Hall–Kier alpha value is -3.42. The zero-order valence-electron chi connectivity index (χ0n) is 18.2. The molecule has 0 radical (unpaired) electrons. The predicted octanol–water partition coefficient (Wildman–Crippen LogP) is 4.00. The number of hydrogen-bond acceptors (Lipinski definition) is 5. The fourth-order valence-corrected chi connectivity index (χ4v) is 4.18. The maximum absolute atomic E-state index is 14.6. The third-order valence-corrected chi connectivity index (χ3v) is 5.98. The number of anilines is 1. The second kappa shape index (κ2) is 8.61. The third kappa shape index (κ3) is 3.70. The number of halogens is 2. The first kappa shape index (κ1) is 21.8. The van der Waals surface area contributed by atoms with E-state index in [9.17, 15) is 18.4 Å². The molecule has 2 aliphatic heterocycles. The molecule has 0 N–H and O–H groups in total. The van der Waals surface area contributed by atoms with Gasteiger partial charge in [-0.3, -0.25) is 9.59 Å². The molecule has 1 saturated heterocycles. The molecular weight excluding hydrogens is 418 g/mol. The van der Waals surface area contributed by atoms with Crippen LogP contribution in [0.2, 0.25) is 0 Å². The van der Waals surface area contributed by atoms with Gasteiger partial charge in [0.25, 0.3) is 11.8 Å². The van der Waals surface area contributed by atoms with Crippen LogP contribution in [0.4, 0.5) is 14.5 Å². The van der Waals surface area contributed by atoms with Crippen molar-refractivity contribution < 1.29 is 27.8 Å². The van der Waals surface area contributed by atoms with Gasteiger partial charge in [-0.15, -0.1) is 0 Å². The molecule has 32 heavy (non-hydrogen) atoms. The number of amides is 2. The molecule has 2 aliphatic rings. The van der Waals surface area contributed by atoms with E-state index in [1.54, 1.807) is 18.2 Å². The van der Waals surface area contributed by atoms with E-state index in [0.29, 0.717) is 42.1 Å². The van der Waals surface area contributed by atoms with Crippen LogP contribution >= 0.6 is 0 Å². The molecule has 2 aromatic rings. The number of nitrogens with zero attached hydrogens (tertiary/aromatic N) is 2. The Labute approximate surface area is 185 Å². The number of piperidine rings is 1. The lowest BCUT2D eigenvalue weighted by Crippen LogP contribution is -2.38. The van der Waals surface area contributed by atoms with Crippen LogP contribution in [-0.2, 0) is 9.59 Å². The number of imide groups is 1. The number of ether oxygens (including phenoxy) is 2. The molecule has 4 rings (SSSR count). The first-order chi connectivity index (χ1) is 15.3. The topological polar surface area (TPSA) is 59.1 Å². The number of hydrogen-bond donors (Lipinski definition) is 0. The summed E-state index contributed by atoms with van der Waals surface area (Å²) in [5, 5.41) is 0. The fraction of sp³-hybridized carbons (Fsp3) is 0.333. The molecule has 2 heterocycles. The molecule has 2 amide bonds. The number of rotatable bonds is 5. The minimum atomic E-state index is -0.980. The lowest BCUT2D eigenvalue weighted by molar-refractivity contribution is -0.120. The molecule has 6 nitrogen and oxygen atoms in total. The van der Waals surface area contributed by atoms with Crippen LogP contribution < -0.4 is 14.4 Å². The average molecular weight is 442 g/mol. The van der Waals surface area contributed by atoms with Gasteiger partial charge in [0, 0.05) is 19.2 Å². The van der Waals surface area contributed by atoms with Gasteiger partial charge in [-0.05, 0) is 48.6 Å². The van der Waals surface area contributed by atoms with Gasteiger partial charge in [0.1, 0.15) is 17.3 Å². The van der Waals surface area contributed by atoms with Crippen LogP contribution in [0.15, 0.2) is 42.1 Å². The summed E-state index contributed by atoms with van der Waals surface area (Å²) in [4.78, 5) is 29.7. The van der Waals surface area contributed by atoms with Crippen molar-refractivity contribution in [1.29, 1.82) is 0 Å². The van der Waals surface area contributed by atoms with Gasteiger partial charge in [0.15, 0.2) is 11.5 Å². The van der Waals surface area contributed by atoms with Gasteiger partial charge in [-0.25, -0.2) is 13.7 Å². The second-order valence-corrected chi connectivity index (χ2v) is 8.00. The summed E-state index contributed by atoms with van der Waals surface area (Å²) in [6.45, 7) is 3.35. The number of carbonyl (C=O) groups excluding carboxylic acids is 2. The van der Waals surface area contributed by atoms with Crippen molar-refractivity contribution in [2.45, 2.75) is 19.8 Å². The highest BCUT2D eigenvalue weighted by atomic mass is 19.1. The summed E-state index contributed by atoms with van der Waals surface area (Å²) in [6.07, 6.45) is 1.74. The molecule has 2 aromatic carbocycles. The van der Waals surface area contributed by atoms with Crippen molar-refractivity contribution in [2.75, 3.05) is 32.2 Å². The highest BCUT2D eigenvalue weighted by Crippen LogP contribution is 2.39. The maximum atomic E-state index is 14.6. The van der Waals surface area contributed by atoms with Gasteiger partial charge >= 0.3 is 0 Å². The smallest absolute Gasteiger partial charge is 0.282 e. The number of methoxy groups -OCH3 is 2. The normalized spacial score (nSPS) is 17.4. The number of benzene rings is 2. The molecule has 168 valence electrons. The monoisotopic (exact) mass is 442 g/mol. The van der Waals surface area contributed by atoms with Crippen LogP contribution in [0, 0.1) is 17.6 Å². The van der Waals surface area contributed by atoms with Crippen molar-refractivity contribution in [2.24, 2.45) is 5.92 Å². The van der Waals surface area contributed by atoms with E-state index in [4.69, 9.17) is 9.47 Å². The molecule has 0 spiro atoms. The fourth-order valence-electron chi connectivity index (χ4n) is 4.18. The van der Waals surface area contributed by atoms with Crippen molar-refractivity contribution in [3.8, 4) is 11.5 Å². The molecule has 0 saturated carbocycles. The lowest BCUT2D eigenvalue weighted by atomic mass is 9.97. The van der Waals surface area contributed by atoms with E-state index in [1.807, 2.05) is 4.90 Å². The average Bonchev–Trinajstić information content (AvgIpc) is 3.04. The molecule has 0 atom stereocenters. The van der Waals surface area contributed by atoms with Gasteiger partial charge in [-0.1, -0.05) is 13.0 Å². The highest BCUT2D eigenvalue weighted by molar-refractivity contribution is 6.45. The van der Waals surface area contributed by atoms with Gasteiger partial charge < -0.3 is 14.4 Å². The van der Waals surface area contributed by atoms with Crippen LogP contribution in [0.1, 0.15) is 25.3 Å². The standard InChI is InChI=1S/C24H24F2N2O4/c1-14-8-10-27(11-9-14)22-21(15-4-7-19(31-2)20(12-15)32-3)23(29)28(24(22)30)18-6-5-16(25)13-17(18)26/h4-7,12-14H,8-11H2,1-3H3. The minimum Gasteiger partial charge on any atom is -0.493 e. The Balaban J connectivity index is 1.85. The number of carbonyl (C=O) groups is 2. The van der Waals surface area contributed by atoms with Crippen LogP contribution in [0.3, 0.4) is 0 Å². The Bertz CT molecular complexity index is 1110. The minimum absolute atomic E-state index is 0.161. The molecule has 0 bridgehead atoms. The third-order valence-electron chi connectivity index (χ3n) is 5.98. The highest BCUT2D eigenvalue weighted by Gasteiger charge is 2.44. The van der Waals surface area contributed by atoms with Crippen molar-refractivity contribution >= 4 is 23.1 Å². The molecule has 1 fully saturated rings. The Morgan fingerprint density at radius 2 is 1.59 bits per heavy atom. The predicted molar refractivity (Wildman–Crippen MR) is 115 cm³/mol. The Kier molecular flexibility index (Phi) is 5.86. The summed E-state index contributed by atoms with van der Waals surface area (Å²) in [6, 6.07) is 7.72. The Morgan fingerprint density at radius 3 is 2.22 bits per heavy atom. The van der Waals surface area contributed by atoms with Gasteiger partial charge in [-0.2, -0.15) is 0 Å². The molecule has 0 unspecified atom stereocenters. The quantitative estimate of drug-likeness (QED) is 0.656. The first-order valence-electron chi connectivity index (χ1n) is 10.4. The van der Waals surface area contributed by atoms with E-state index in [2.05, 4.69) is 6.92 Å². The van der Waals surface area contributed by atoms with E-state index >= 15 is 0 Å². The lowest BCUT2D eigenvalue weighted by Gasteiger charge is -2.32. The molecule has 8 heteroatoms. The SMILES string of the molecule is COc1ccc(C2=C(N3CCC(C)CC3)C(=O)N(c3ccc(F)cc3F)C2=O)cc1OC. The van der Waals surface area contributed by atoms with Crippen molar-refractivity contribution in [3.05, 3.63) is 59.3 Å². The van der Waals surface area contributed by atoms with Crippen LogP contribution in [0.5, 0.6) is 11.5 Å². The first-order valence-corrected chi connectivity index (χ1v) is 10.4. The molecule has 0 aliphatic carbocycles. The van der Waals surface area contributed by atoms with E-state index < -0.39 is 23.4 Å². The van der Waals surface area contributed by atoms with E-state index in [0.717, 1.165) is 29.9 Å². The van der Waals surface area contributed by atoms with Gasteiger partial charge in [0.2, 0.25) is 0 Å². The zero-order chi connectivity index (χ0) is 23.0. The summed E-state index contributed by atoms with van der Waals surface area (Å²) >= 11 is 0. The molecular formula is C24H24F2N2O4.